The first-order valence-electron chi connectivity index (χ1n) is 9.57. The van der Waals surface area contributed by atoms with E-state index in [4.69, 9.17) is 9.47 Å². The molecule has 3 heterocycles. The number of esters is 1. The van der Waals surface area contributed by atoms with Crippen LogP contribution in [0.15, 0.2) is 47.4 Å². The van der Waals surface area contributed by atoms with Crippen molar-refractivity contribution in [2.24, 2.45) is 0 Å². The quantitative estimate of drug-likeness (QED) is 0.254. The van der Waals surface area contributed by atoms with E-state index in [1.54, 1.807) is 41.8 Å². The predicted octanol–water partition coefficient (Wildman–Crippen LogP) is 3.20. The number of anilines is 2. The molecule has 1 amide bonds. The third-order valence-corrected chi connectivity index (χ3v) is 6.15. The van der Waals surface area contributed by atoms with Crippen LogP contribution in [-0.2, 0) is 9.53 Å². The standard InChI is InChI=1S/C21H17N5O4S2/c22-13-15(18(27)23-20-24-25-21(32-20)26-7-9-29-10-8-26)12-14-3-5-16(6-4-14)30-19(28)17-2-1-11-31-17/h1-6,11-12H,7-10H2,(H,23,24,27)/b15-12-. The maximum atomic E-state index is 12.5. The first-order chi connectivity index (χ1) is 15.6. The molecule has 0 unspecified atom stereocenters. The Hall–Kier alpha value is -3.59. The highest BCUT2D eigenvalue weighted by Gasteiger charge is 2.18. The second-order valence-electron chi connectivity index (χ2n) is 6.55. The largest absolute Gasteiger partial charge is 0.422 e. The number of benzene rings is 1. The molecule has 1 aromatic carbocycles. The number of amides is 1. The molecule has 1 N–H and O–H groups in total. The molecule has 1 aliphatic heterocycles. The van der Waals surface area contributed by atoms with E-state index in [1.165, 1.54) is 28.7 Å². The van der Waals surface area contributed by atoms with Crippen LogP contribution in [0.2, 0.25) is 0 Å². The molecule has 3 aromatic rings. The lowest BCUT2D eigenvalue weighted by molar-refractivity contribution is -0.112. The number of aromatic nitrogens is 2. The lowest BCUT2D eigenvalue weighted by atomic mass is 10.1. The molecule has 0 spiro atoms. The van der Waals surface area contributed by atoms with E-state index in [0.717, 1.165) is 0 Å². The van der Waals surface area contributed by atoms with Crippen molar-refractivity contribution in [3.63, 3.8) is 0 Å². The number of nitrogens with one attached hydrogen (secondary N) is 1. The Labute approximate surface area is 191 Å². The van der Waals surface area contributed by atoms with Crippen molar-refractivity contribution >= 4 is 50.9 Å². The van der Waals surface area contributed by atoms with Gasteiger partial charge in [0.2, 0.25) is 10.3 Å². The summed E-state index contributed by atoms with van der Waals surface area (Å²) in [4.78, 5) is 27.1. The van der Waals surface area contributed by atoms with E-state index in [-0.39, 0.29) is 5.57 Å². The molecule has 1 aliphatic rings. The summed E-state index contributed by atoms with van der Waals surface area (Å²) in [6.45, 7) is 2.67. The molecule has 9 nitrogen and oxygen atoms in total. The lowest BCUT2D eigenvalue weighted by Gasteiger charge is -2.25. The van der Waals surface area contributed by atoms with Gasteiger partial charge in [0, 0.05) is 13.1 Å². The van der Waals surface area contributed by atoms with E-state index in [2.05, 4.69) is 15.5 Å². The van der Waals surface area contributed by atoms with Crippen LogP contribution in [0.3, 0.4) is 0 Å². The highest BCUT2D eigenvalue weighted by Crippen LogP contribution is 2.25. The van der Waals surface area contributed by atoms with Crippen molar-refractivity contribution in [3.8, 4) is 11.8 Å². The fourth-order valence-electron chi connectivity index (χ4n) is 2.81. The van der Waals surface area contributed by atoms with Crippen LogP contribution in [0.25, 0.3) is 6.08 Å². The monoisotopic (exact) mass is 467 g/mol. The first-order valence-corrected chi connectivity index (χ1v) is 11.3. The molecule has 4 rings (SSSR count). The van der Waals surface area contributed by atoms with E-state index in [0.29, 0.717) is 52.8 Å². The predicted molar refractivity (Wildman–Crippen MR) is 121 cm³/mol. The topological polar surface area (TPSA) is 117 Å². The smallest absolute Gasteiger partial charge is 0.353 e. The van der Waals surface area contributed by atoms with Crippen LogP contribution in [0.4, 0.5) is 10.3 Å². The van der Waals surface area contributed by atoms with Gasteiger partial charge >= 0.3 is 5.97 Å². The fourth-order valence-corrected chi connectivity index (χ4v) is 4.20. The second-order valence-corrected chi connectivity index (χ2v) is 8.45. The van der Waals surface area contributed by atoms with Crippen LogP contribution in [-0.4, -0.2) is 48.4 Å². The summed E-state index contributed by atoms with van der Waals surface area (Å²) in [6, 6.07) is 11.9. The number of ether oxygens (including phenoxy) is 2. The Morgan fingerprint density at radius 2 is 1.97 bits per heavy atom. The summed E-state index contributed by atoms with van der Waals surface area (Å²) >= 11 is 2.54. The third kappa shape index (κ3) is 5.36. The molecule has 0 radical (unpaired) electrons. The molecule has 0 bridgehead atoms. The van der Waals surface area contributed by atoms with Gasteiger partial charge in [-0.2, -0.15) is 5.26 Å². The number of nitrogens with zero attached hydrogens (tertiary/aromatic N) is 4. The number of nitriles is 1. The summed E-state index contributed by atoms with van der Waals surface area (Å²) in [5.41, 5.74) is 0.523. The fraction of sp³-hybridized carbons (Fsp3) is 0.190. The highest BCUT2D eigenvalue weighted by atomic mass is 32.1. The number of thiophene rings is 1. The average Bonchev–Trinajstić information content (AvgIpc) is 3.52. The van der Waals surface area contributed by atoms with E-state index in [1.807, 2.05) is 11.0 Å². The van der Waals surface area contributed by atoms with Crippen molar-refractivity contribution in [2.45, 2.75) is 0 Å². The number of carbonyl (C=O) groups is 2. The van der Waals surface area contributed by atoms with Crippen molar-refractivity contribution in [1.82, 2.24) is 10.2 Å². The van der Waals surface area contributed by atoms with Crippen LogP contribution in [0, 0.1) is 11.3 Å². The van der Waals surface area contributed by atoms with E-state index < -0.39 is 11.9 Å². The molecule has 162 valence electrons. The Morgan fingerprint density at radius 3 is 2.66 bits per heavy atom. The summed E-state index contributed by atoms with van der Waals surface area (Å²) in [5.74, 6) is -0.646. The van der Waals surface area contributed by atoms with Gasteiger partial charge in [-0.25, -0.2) is 4.79 Å². The summed E-state index contributed by atoms with van der Waals surface area (Å²) in [5, 5.41) is 22.9. The number of morpholine rings is 1. The molecule has 11 heteroatoms. The van der Waals surface area contributed by atoms with E-state index in [9.17, 15) is 14.9 Å². The molecule has 0 atom stereocenters. The second kappa shape index (κ2) is 10.1. The van der Waals surface area contributed by atoms with Crippen LogP contribution in [0.1, 0.15) is 15.2 Å². The van der Waals surface area contributed by atoms with Gasteiger partial charge in [-0.1, -0.05) is 29.5 Å². The van der Waals surface area contributed by atoms with Gasteiger partial charge in [-0.15, -0.1) is 21.5 Å². The van der Waals surface area contributed by atoms with Crippen LogP contribution < -0.4 is 15.0 Å². The first kappa shape index (κ1) is 21.6. The van der Waals surface area contributed by atoms with Gasteiger partial charge in [-0.3, -0.25) is 10.1 Å². The van der Waals surface area contributed by atoms with Gasteiger partial charge < -0.3 is 14.4 Å². The molecular weight excluding hydrogens is 450 g/mol. The van der Waals surface area contributed by atoms with Gasteiger partial charge in [-0.05, 0) is 35.2 Å². The van der Waals surface area contributed by atoms with Gasteiger partial charge in [0.1, 0.15) is 22.3 Å². The number of carbonyl (C=O) groups excluding carboxylic acids is 2. The Balaban J connectivity index is 1.39. The van der Waals surface area contributed by atoms with Gasteiger partial charge in [0.15, 0.2) is 0 Å². The molecule has 0 saturated carbocycles. The maximum absolute atomic E-state index is 12.5. The number of hydrogen-bond donors (Lipinski definition) is 1. The number of rotatable bonds is 6. The van der Waals surface area contributed by atoms with Gasteiger partial charge in [0.25, 0.3) is 5.91 Å². The highest BCUT2D eigenvalue weighted by molar-refractivity contribution is 7.19. The Bertz CT molecular complexity index is 1160. The third-order valence-electron chi connectivity index (χ3n) is 4.41. The molecule has 32 heavy (non-hydrogen) atoms. The minimum atomic E-state index is -0.578. The molecular formula is C21H17N5O4S2. The van der Waals surface area contributed by atoms with Crippen molar-refractivity contribution in [1.29, 1.82) is 5.26 Å². The molecule has 0 aliphatic carbocycles. The van der Waals surface area contributed by atoms with E-state index >= 15 is 0 Å². The minimum Gasteiger partial charge on any atom is -0.422 e. The van der Waals surface area contributed by atoms with Crippen molar-refractivity contribution < 1.29 is 19.1 Å². The summed E-state index contributed by atoms with van der Waals surface area (Å²) < 4.78 is 10.6. The Kier molecular flexibility index (Phi) is 6.86. The van der Waals surface area contributed by atoms with Crippen molar-refractivity contribution in [3.05, 3.63) is 57.8 Å². The molecule has 1 fully saturated rings. The van der Waals surface area contributed by atoms with Gasteiger partial charge in [0.05, 0.1) is 13.2 Å². The summed E-state index contributed by atoms with van der Waals surface area (Å²) in [7, 11) is 0. The zero-order valence-corrected chi connectivity index (χ0v) is 18.3. The SMILES string of the molecule is N#C/C(=C/c1ccc(OC(=O)c2cccs2)cc1)C(=O)Nc1nnc(N2CCOCC2)s1. The van der Waals surface area contributed by atoms with Crippen molar-refractivity contribution in [2.75, 3.05) is 36.5 Å². The van der Waals surface area contributed by atoms with Crippen LogP contribution in [0.5, 0.6) is 5.75 Å². The zero-order valence-electron chi connectivity index (χ0n) is 16.7. The minimum absolute atomic E-state index is 0.0866. The lowest BCUT2D eigenvalue weighted by Crippen LogP contribution is -2.36. The zero-order chi connectivity index (χ0) is 22.3. The normalized spacial score (nSPS) is 14.0. The Morgan fingerprint density at radius 1 is 1.19 bits per heavy atom. The summed E-state index contributed by atoms with van der Waals surface area (Å²) in [6.07, 6.45) is 1.45. The van der Waals surface area contributed by atoms with Crippen LogP contribution >= 0.6 is 22.7 Å². The molecule has 2 aromatic heterocycles. The maximum Gasteiger partial charge on any atom is 0.353 e. The number of hydrogen-bond acceptors (Lipinski definition) is 10. The average molecular weight is 468 g/mol. The molecule has 1 saturated heterocycles.